The minimum Gasteiger partial charge on any atom is -0.330 e. The van der Waals surface area contributed by atoms with Gasteiger partial charge in [-0.05, 0) is 17.9 Å². The fourth-order valence-corrected chi connectivity index (χ4v) is 1.60. The van der Waals surface area contributed by atoms with Crippen LogP contribution >= 0.6 is 0 Å². The van der Waals surface area contributed by atoms with Crippen molar-refractivity contribution in [3.05, 3.63) is 18.5 Å². The van der Waals surface area contributed by atoms with Gasteiger partial charge >= 0.3 is 0 Å². The van der Waals surface area contributed by atoms with E-state index in [0.29, 0.717) is 12.5 Å². The first-order valence-electron chi connectivity index (χ1n) is 5.70. The summed E-state index contributed by atoms with van der Waals surface area (Å²) in [5.41, 5.74) is 5.70. The first-order chi connectivity index (χ1) is 7.92. The molecule has 1 rings (SSSR count). The summed E-state index contributed by atoms with van der Waals surface area (Å²) >= 11 is 0. The second-order valence-corrected chi connectivity index (χ2v) is 5.26. The number of amides is 1. The van der Waals surface area contributed by atoms with Crippen LogP contribution in [-0.2, 0) is 4.79 Å². The number of nitrogens with zero attached hydrogens (tertiary/aromatic N) is 2. The minimum absolute atomic E-state index is 0.0684. The van der Waals surface area contributed by atoms with E-state index in [1.165, 1.54) is 0 Å². The summed E-state index contributed by atoms with van der Waals surface area (Å²) in [4.78, 5) is 19.8. The Hall–Kier alpha value is -1.49. The molecule has 0 aromatic carbocycles. The molecule has 5 nitrogen and oxygen atoms in total. The minimum atomic E-state index is -0.209. The number of carbonyl (C=O) groups excluding carboxylic acids is 1. The van der Waals surface area contributed by atoms with Crippen molar-refractivity contribution in [2.75, 3.05) is 11.9 Å². The maximum Gasteiger partial charge on any atom is 0.231 e. The van der Waals surface area contributed by atoms with Crippen molar-refractivity contribution < 1.29 is 4.79 Å². The molecular formula is C12H20N4O. The summed E-state index contributed by atoms with van der Waals surface area (Å²) in [5, 5.41) is 2.67. The molecule has 0 aliphatic heterocycles. The Bertz CT molecular complexity index is 359. The fourth-order valence-electron chi connectivity index (χ4n) is 1.60. The fraction of sp³-hybridized carbons (Fsp3) is 0.583. The number of hydrogen-bond donors (Lipinski definition) is 2. The lowest BCUT2D eigenvalue weighted by atomic mass is 9.84. The Morgan fingerprint density at radius 3 is 2.47 bits per heavy atom. The lowest BCUT2D eigenvalue weighted by Crippen LogP contribution is -2.32. The molecule has 0 fully saturated rings. The van der Waals surface area contributed by atoms with E-state index in [2.05, 4.69) is 36.1 Å². The Kier molecular flexibility index (Phi) is 4.57. The van der Waals surface area contributed by atoms with Crippen LogP contribution in [0.1, 0.15) is 27.2 Å². The molecular weight excluding hydrogens is 216 g/mol. The average molecular weight is 236 g/mol. The van der Waals surface area contributed by atoms with E-state index >= 15 is 0 Å². The van der Waals surface area contributed by atoms with Gasteiger partial charge in [-0.15, -0.1) is 0 Å². The number of carbonyl (C=O) groups is 1. The van der Waals surface area contributed by atoms with E-state index in [1.807, 2.05) is 0 Å². The monoisotopic (exact) mass is 236 g/mol. The lowest BCUT2D eigenvalue weighted by molar-refractivity contribution is -0.120. The van der Waals surface area contributed by atoms with Crippen molar-refractivity contribution in [2.45, 2.75) is 27.2 Å². The summed E-state index contributed by atoms with van der Waals surface area (Å²) in [5.74, 6) is -0.00251. The number of aromatic nitrogens is 2. The van der Waals surface area contributed by atoms with Crippen LogP contribution in [0.4, 0.5) is 5.95 Å². The summed E-state index contributed by atoms with van der Waals surface area (Å²) in [6.45, 7) is 6.59. The quantitative estimate of drug-likeness (QED) is 0.828. The highest BCUT2D eigenvalue weighted by Gasteiger charge is 2.24. The van der Waals surface area contributed by atoms with Crippen molar-refractivity contribution in [1.82, 2.24) is 9.97 Å². The number of hydrogen-bond acceptors (Lipinski definition) is 4. The molecule has 0 saturated carbocycles. The topological polar surface area (TPSA) is 80.9 Å². The molecule has 0 radical (unpaired) electrons. The van der Waals surface area contributed by atoms with Crippen molar-refractivity contribution >= 4 is 11.9 Å². The summed E-state index contributed by atoms with van der Waals surface area (Å²) < 4.78 is 0. The van der Waals surface area contributed by atoms with Gasteiger partial charge in [-0.2, -0.15) is 0 Å². The molecule has 17 heavy (non-hydrogen) atoms. The van der Waals surface area contributed by atoms with Gasteiger partial charge in [-0.1, -0.05) is 20.8 Å². The van der Waals surface area contributed by atoms with Crippen LogP contribution in [0.25, 0.3) is 0 Å². The molecule has 0 bridgehead atoms. The normalized spacial score (nSPS) is 13.2. The molecule has 5 heteroatoms. The zero-order valence-electron chi connectivity index (χ0n) is 10.6. The second-order valence-electron chi connectivity index (χ2n) is 5.26. The highest BCUT2D eigenvalue weighted by Crippen LogP contribution is 2.24. The van der Waals surface area contributed by atoms with E-state index in [0.717, 1.165) is 6.42 Å². The van der Waals surface area contributed by atoms with Crippen LogP contribution in [0.15, 0.2) is 18.5 Å². The van der Waals surface area contributed by atoms with Crippen LogP contribution < -0.4 is 11.1 Å². The van der Waals surface area contributed by atoms with E-state index in [9.17, 15) is 4.79 Å². The smallest absolute Gasteiger partial charge is 0.231 e. The van der Waals surface area contributed by atoms with Crippen LogP contribution in [0.5, 0.6) is 0 Å². The molecule has 1 atom stereocenters. The highest BCUT2D eigenvalue weighted by atomic mass is 16.2. The van der Waals surface area contributed by atoms with Crippen LogP contribution in [-0.4, -0.2) is 22.4 Å². The largest absolute Gasteiger partial charge is 0.330 e. The van der Waals surface area contributed by atoms with E-state index in [-0.39, 0.29) is 17.2 Å². The molecule has 1 aromatic heterocycles. The molecule has 0 aliphatic rings. The van der Waals surface area contributed by atoms with E-state index in [1.54, 1.807) is 18.5 Å². The Labute approximate surface area is 102 Å². The van der Waals surface area contributed by atoms with Gasteiger partial charge in [0.05, 0.1) is 5.92 Å². The zero-order valence-corrected chi connectivity index (χ0v) is 10.6. The van der Waals surface area contributed by atoms with Crippen molar-refractivity contribution in [3.8, 4) is 0 Å². The van der Waals surface area contributed by atoms with Gasteiger partial charge in [0.25, 0.3) is 0 Å². The van der Waals surface area contributed by atoms with Crippen molar-refractivity contribution in [3.63, 3.8) is 0 Å². The third-order valence-corrected chi connectivity index (χ3v) is 2.31. The predicted octanol–water partition coefficient (Wildman–Crippen LogP) is 1.43. The van der Waals surface area contributed by atoms with Crippen molar-refractivity contribution in [1.29, 1.82) is 0 Å². The Morgan fingerprint density at radius 2 is 2.00 bits per heavy atom. The maximum atomic E-state index is 12.0. The first-order valence-corrected chi connectivity index (χ1v) is 5.70. The van der Waals surface area contributed by atoms with Gasteiger partial charge in [0.15, 0.2) is 0 Å². The van der Waals surface area contributed by atoms with Gasteiger partial charge in [0, 0.05) is 18.9 Å². The summed E-state index contributed by atoms with van der Waals surface area (Å²) in [6, 6.07) is 1.70. The first kappa shape index (κ1) is 13.6. The van der Waals surface area contributed by atoms with Crippen molar-refractivity contribution in [2.24, 2.45) is 17.1 Å². The van der Waals surface area contributed by atoms with Gasteiger partial charge < -0.3 is 5.73 Å². The third-order valence-electron chi connectivity index (χ3n) is 2.31. The molecule has 0 saturated heterocycles. The molecule has 0 aliphatic carbocycles. The molecule has 1 heterocycles. The molecule has 1 unspecified atom stereocenters. The molecule has 1 aromatic rings. The number of nitrogens with two attached hydrogens (primary N) is 1. The average Bonchev–Trinajstić information content (AvgIpc) is 2.26. The van der Waals surface area contributed by atoms with Gasteiger partial charge in [0.1, 0.15) is 0 Å². The predicted molar refractivity (Wildman–Crippen MR) is 67.3 cm³/mol. The summed E-state index contributed by atoms with van der Waals surface area (Å²) in [6.07, 6.45) is 3.91. The highest BCUT2D eigenvalue weighted by molar-refractivity contribution is 5.91. The summed E-state index contributed by atoms with van der Waals surface area (Å²) in [7, 11) is 0. The van der Waals surface area contributed by atoms with Gasteiger partial charge in [0.2, 0.25) is 11.9 Å². The van der Waals surface area contributed by atoms with Crippen LogP contribution in [0.3, 0.4) is 0 Å². The lowest BCUT2D eigenvalue weighted by Gasteiger charge is -2.23. The Balaban J connectivity index is 2.62. The third kappa shape index (κ3) is 4.91. The standard InChI is InChI=1S/C12H20N4O/c1-12(2,3)7-9(8-13)10(17)16-11-14-5-4-6-15-11/h4-6,9H,7-8,13H2,1-3H3,(H,14,15,16,17). The van der Waals surface area contributed by atoms with E-state index in [4.69, 9.17) is 5.73 Å². The second kappa shape index (κ2) is 5.72. The molecule has 3 N–H and O–H groups in total. The molecule has 1 amide bonds. The SMILES string of the molecule is CC(C)(C)CC(CN)C(=O)Nc1ncccn1. The zero-order chi connectivity index (χ0) is 12.9. The van der Waals surface area contributed by atoms with E-state index < -0.39 is 0 Å². The Morgan fingerprint density at radius 1 is 1.41 bits per heavy atom. The van der Waals surface area contributed by atoms with Gasteiger partial charge in [-0.25, -0.2) is 9.97 Å². The number of rotatable bonds is 4. The number of nitrogens with one attached hydrogen (secondary N) is 1. The van der Waals surface area contributed by atoms with Crippen LogP contribution in [0, 0.1) is 11.3 Å². The number of anilines is 1. The molecule has 0 spiro atoms. The van der Waals surface area contributed by atoms with Crippen LogP contribution in [0.2, 0.25) is 0 Å². The maximum absolute atomic E-state index is 12.0. The van der Waals surface area contributed by atoms with Gasteiger partial charge in [-0.3, -0.25) is 10.1 Å². The molecule has 94 valence electrons.